The van der Waals surface area contributed by atoms with E-state index < -0.39 is 0 Å². The van der Waals surface area contributed by atoms with Gasteiger partial charge < -0.3 is 28.8 Å². The molecule has 152 valence electrons. The molecule has 0 unspecified atom stereocenters. The number of nitrogens with zero attached hydrogens (tertiary/aromatic N) is 1. The maximum atomic E-state index is 12.6. The van der Waals surface area contributed by atoms with Crippen LogP contribution in [0, 0.1) is 0 Å². The predicted molar refractivity (Wildman–Crippen MR) is 106 cm³/mol. The van der Waals surface area contributed by atoms with Crippen molar-refractivity contribution in [3.8, 4) is 34.3 Å². The molecule has 0 aliphatic carbocycles. The SMILES string of the molecule is COc1cccc(-c2cc(CNC(=O)c3cc(OC)c(OC)c(OC)c3)no2)c1. The van der Waals surface area contributed by atoms with Crippen molar-refractivity contribution in [3.63, 3.8) is 0 Å². The number of aromatic nitrogens is 1. The summed E-state index contributed by atoms with van der Waals surface area (Å²) in [6.45, 7) is 0.197. The highest BCUT2D eigenvalue weighted by molar-refractivity contribution is 5.95. The average molecular weight is 398 g/mol. The molecule has 8 nitrogen and oxygen atoms in total. The first-order valence-corrected chi connectivity index (χ1v) is 8.77. The fourth-order valence-electron chi connectivity index (χ4n) is 2.79. The normalized spacial score (nSPS) is 10.3. The molecule has 0 atom stereocenters. The molecule has 0 aliphatic rings. The van der Waals surface area contributed by atoms with Gasteiger partial charge in [-0.15, -0.1) is 0 Å². The molecule has 1 N–H and O–H groups in total. The van der Waals surface area contributed by atoms with E-state index in [4.69, 9.17) is 23.5 Å². The summed E-state index contributed by atoms with van der Waals surface area (Å²) in [6.07, 6.45) is 0. The van der Waals surface area contributed by atoms with Gasteiger partial charge >= 0.3 is 0 Å². The highest BCUT2D eigenvalue weighted by atomic mass is 16.5. The van der Waals surface area contributed by atoms with Crippen molar-refractivity contribution >= 4 is 5.91 Å². The van der Waals surface area contributed by atoms with Crippen molar-refractivity contribution < 1.29 is 28.3 Å². The lowest BCUT2D eigenvalue weighted by Gasteiger charge is -2.13. The molecule has 0 fully saturated rings. The minimum absolute atomic E-state index is 0.197. The van der Waals surface area contributed by atoms with Gasteiger partial charge in [0.05, 0.1) is 35.0 Å². The Labute approximate surface area is 168 Å². The minimum Gasteiger partial charge on any atom is -0.497 e. The Morgan fingerprint density at radius 3 is 2.31 bits per heavy atom. The van der Waals surface area contributed by atoms with E-state index in [0.29, 0.717) is 34.3 Å². The fraction of sp³-hybridized carbons (Fsp3) is 0.238. The Morgan fingerprint density at radius 2 is 1.69 bits per heavy atom. The van der Waals surface area contributed by atoms with Gasteiger partial charge in [-0.2, -0.15) is 0 Å². The van der Waals surface area contributed by atoms with E-state index in [1.807, 2.05) is 24.3 Å². The topological polar surface area (TPSA) is 92.1 Å². The molecule has 0 aliphatic heterocycles. The van der Waals surface area contributed by atoms with Crippen LogP contribution < -0.4 is 24.3 Å². The number of hydrogen-bond donors (Lipinski definition) is 1. The molecule has 0 radical (unpaired) electrons. The molecule has 8 heteroatoms. The lowest BCUT2D eigenvalue weighted by molar-refractivity contribution is 0.0949. The van der Waals surface area contributed by atoms with Crippen molar-refractivity contribution in [2.45, 2.75) is 6.54 Å². The zero-order chi connectivity index (χ0) is 20.8. The van der Waals surface area contributed by atoms with Gasteiger partial charge in [0.2, 0.25) is 5.75 Å². The standard InChI is InChI=1S/C21H22N2O6/c1-25-16-7-5-6-13(8-16)17-11-15(23-29-17)12-22-21(24)14-9-18(26-2)20(28-4)19(10-14)27-3/h5-11H,12H2,1-4H3,(H,22,24). The summed E-state index contributed by atoms with van der Waals surface area (Å²) in [7, 11) is 6.09. The highest BCUT2D eigenvalue weighted by Gasteiger charge is 2.17. The Bertz CT molecular complexity index is 973. The van der Waals surface area contributed by atoms with Crippen LogP contribution in [0.15, 0.2) is 47.0 Å². The van der Waals surface area contributed by atoms with Crippen LogP contribution in [0.4, 0.5) is 0 Å². The van der Waals surface area contributed by atoms with Crippen molar-refractivity contribution in [1.82, 2.24) is 10.5 Å². The highest BCUT2D eigenvalue weighted by Crippen LogP contribution is 2.38. The average Bonchev–Trinajstić information content (AvgIpc) is 3.25. The third kappa shape index (κ3) is 4.43. The third-order valence-corrected chi connectivity index (χ3v) is 4.27. The molecule has 1 amide bonds. The first-order chi connectivity index (χ1) is 14.1. The first-order valence-electron chi connectivity index (χ1n) is 8.77. The second kappa shape index (κ2) is 9.01. The maximum Gasteiger partial charge on any atom is 0.251 e. The second-order valence-electron chi connectivity index (χ2n) is 6.01. The molecule has 0 bridgehead atoms. The summed E-state index contributed by atoms with van der Waals surface area (Å²) in [5.41, 5.74) is 1.79. The van der Waals surface area contributed by atoms with E-state index in [0.717, 1.165) is 11.3 Å². The van der Waals surface area contributed by atoms with E-state index in [1.54, 1.807) is 25.3 Å². The summed E-state index contributed by atoms with van der Waals surface area (Å²) in [4.78, 5) is 12.6. The quantitative estimate of drug-likeness (QED) is 0.622. The maximum absolute atomic E-state index is 12.6. The number of benzene rings is 2. The number of methoxy groups -OCH3 is 4. The molecule has 0 saturated carbocycles. The number of amides is 1. The van der Waals surface area contributed by atoms with Crippen LogP contribution in [0.2, 0.25) is 0 Å². The summed E-state index contributed by atoms with van der Waals surface area (Å²) in [5, 5.41) is 6.81. The number of rotatable bonds is 8. The Kier molecular flexibility index (Phi) is 6.23. The van der Waals surface area contributed by atoms with Crippen LogP contribution in [0.3, 0.4) is 0 Å². The van der Waals surface area contributed by atoms with Crippen LogP contribution in [0.25, 0.3) is 11.3 Å². The van der Waals surface area contributed by atoms with Crippen molar-refractivity contribution in [2.75, 3.05) is 28.4 Å². The molecule has 0 spiro atoms. The van der Waals surface area contributed by atoms with E-state index >= 15 is 0 Å². The molecule has 3 rings (SSSR count). The fourth-order valence-corrected chi connectivity index (χ4v) is 2.79. The van der Waals surface area contributed by atoms with Crippen molar-refractivity contribution in [1.29, 1.82) is 0 Å². The van der Waals surface area contributed by atoms with Crippen LogP contribution in [0.1, 0.15) is 16.1 Å². The molecule has 3 aromatic rings. The van der Waals surface area contributed by atoms with Crippen molar-refractivity contribution in [3.05, 3.63) is 53.7 Å². The van der Waals surface area contributed by atoms with E-state index in [2.05, 4.69) is 10.5 Å². The second-order valence-corrected chi connectivity index (χ2v) is 6.01. The zero-order valence-electron chi connectivity index (χ0n) is 16.6. The van der Waals surface area contributed by atoms with E-state index in [9.17, 15) is 4.79 Å². The lowest BCUT2D eigenvalue weighted by Crippen LogP contribution is -2.23. The molecule has 0 saturated heterocycles. The summed E-state index contributed by atoms with van der Waals surface area (Å²) in [6, 6.07) is 12.4. The van der Waals surface area contributed by atoms with Gasteiger partial charge in [0.1, 0.15) is 11.4 Å². The number of ether oxygens (including phenoxy) is 4. The van der Waals surface area contributed by atoms with Crippen LogP contribution >= 0.6 is 0 Å². The molecule has 1 heterocycles. The van der Waals surface area contributed by atoms with Crippen LogP contribution in [-0.4, -0.2) is 39.5 Å². The monoisotopic (exact) mass is 398 g/mol. The van der Waals surface area contributed by atoms with Gasteiger partial charge in [-0.3, -0.25) is 4.79 Å². The summed E-state index contributed by atoms with van der Waals surface area (Å²) in [5.74, 6) is 2.22. The first kappa shape index (κ1) is 20.1. The number of hydrogen-bond acceptors (Lipinski definition) is 7. The molecule has 1 aromatic heterocycles. The third-order valence-electron chi connectivity index (χ3n) is 4.27. The van der Waals surface area contributed by atoms with E-state index in [-0.39, 0.29) is 12.5 Å². The Balaban J connectivity index is 1.72. The predicted octanol–water partition coefficient (Wildman–Crippen LogP) is 3.31. The molecule has 2 aromatic carbocycles. The van der Waals surface area contributed by atoms with Crippen molar-refractivity contribution in [2.24, 2.45) is 0 Å². The Morgan fingerprint density at radius 1 is 0.966 bits per heavy atom. The number of carbonyl (C=O) groups excluding carboxylic acids is 1. The largest absolute Gasteiger partial charge is 0.497 e. The number of carbonyl (C=O) groups is 1. The van der Waals surface area contributed by atoms with Gasteiger partial charge in [0.15, 0.2) is 17.3 Å². The van der Waals surface area contributed by atoms with Gasteiger partial charge in [-0.25, -0.2) is 0 Å². The smallest absolute Gasteiger partial charge is 0.251 e. The van der Waals surface area contributed by atoms with E-state index in [1.165, 1.54) is 21.3 Å². The summed E-state index contributed by atoms with van der Waals surface area (Å²) >= 11 is 0. The zero-order valence-corrected chi connectivity index (χ0v) is 16.6. The van der Waals surface area contributed by atoms with Crippen LogP contribution in [-0.2, 0) is 6.54 Å². The Hall–Kier alpha value is -3.68. The molecular formula is C21H22N2O6. The lowest BCUT2D eigenvalue weighted by atomic mass is 10.1. The summed E-state index contributed by atoms with van der Waals surface area (Å²) < 4.78 is 26.4. The van der Waals surface area contributed by atoms with Gasteiger partial charge in [-0.05, 0) is 24.3 Å². The van der Waals surface area contributed by atoms with Gasteiger partial charge in [0.25, 0.3) is 5.91 Å². The van der Waals surface area contributed by atoms with Crippen LogP contribution in [0.5, 0.6) is 23.0 Å². The minimum atomic E-state index is -0.310. The number of nitrogens with one attached hydrogen (secondary N) is 1. The molecule has 29 heavy (non-hydrogen) atoms. The van der Waals surface area contributed by atoms with Gasteiger partial charge in [-0.1, -0.05) is 17.3 Å². The molecular weight excluding hydrogens is 376 g/mol. The van der Waals surface area contributed by atoms with Gasteiger partial charge in [0, 0.05) is 17.2 Å².